The minimum absolute atomic E-state index is 0.00988. The van der Waals surface area contributed by atoms with Crippen molar-refractivity contribution < 1.29 is 19.5 Å². The molecule has 4 heterocycles. The molecule has 3 saturated heterocycles. The van der Waals surface area contributed by atoms with E-state index >= 15 is 0 Å². The van der Waals surface area contributed by atoms with E-state index in [4.69, 9.17) is 0 Å². The summed E-state index contributed by atoms with van der Waals surface area (Å²) in [6, 6.07) is 12.3. The number of nitrogens with zero attached hydrogens (tertiary/aromatic N) is 4. The van der Waals surface area contributed by atoms with E-state index in [9.17, 15) is 19.5 Å². The van der Waals surface area contributed by atoms with Gasteiger partial charge in [0.1, 0.15) is 5.75 Å². The number of phenolic OH excluding ortho intramolecular Hbond substituents is 1. The van der Waals surface area contributed by atoms with Crippen LogP contribution in [0.5, 0.6) is 5.75 Å². The molecule has 0 aromatic heterocycles. The lowest BCUT2D eigenvalue weighted by Gasteiger charge is -2.41. The van der Waals surface area contributed by atoms with Crippen molar-refractivity contribution >= 4 is 23.5 Å². The summed E-state index contributed by atoms with van der Waals surface area (Å²) in [4.78, 5) is 49.1. The van der Waals surface area contributed by atoms with E-state index in [0.717, 1.165) is 66.7 Å². The van der Waals surface area contributed by atoms with Crippen molar-refractivity contribution in [3.63, 3.8) is 0 Å². The fraction of sp³-hybridized carbons (Fsp3) is 0.583. The van der Waals surface area contributed by atoms with Gasteiger partial charge < -0.3 is 30.0 Å². The van der Waals surface area contributed by atoms with E-state index in [1.165, 1.54) is 32.4 Å². The van der Waals surface area contributed by atoms with Gasteiger partial charge in [-0.25, -0.2) is 4.79 Å². The molecule has 6 rings (SSSR count). The Morgan fingerprint density at radius 1 is 0.867 bits per heavy atom. The number of aryl methyl sites for hydroxylation is 2. The number of piperidine rings is 3. The van der Waals surface area contributed by atoms with Crippen molar-refractivity contribution in [2.75, 3.05) is 44.6 Å². The van der Waals surface area contributed by atoms with Crippen LogP contribution in [0.1, 0.15) is 73.6 Å². The molecule has 0 saturated carbocycles. The number of likely N-dealkylation sites (tertiary alicyclic amines) is 3. The van der Waals surface area contributed by atoms with Crippen LogP contribution >= 0.6 is 0 Å². The number of fused-ring (bicyclic) bond motifs is 1. The fourth-order valence-electron chi connectivity index (χ4n) is 7.97. The van der Waals surface area contributed by atoms with Gasteiger partial charge in [0.25, 0.3) is 0 Å². The van der Waals surface area contributed by atoms with Gasteiger partial charge in [0, 0.05) is 56.9 Å². The summed E-state index contributed by atoms with van der Waals surface area (Å²) in [5.74, 6) is -0.0845. The number of hydrogen-bond acceptors (Lipinski definition) is 5. The van der Waals surface area contributed by atoms with Crippen molar-refractivity contribution in [3.05, 3.63) is 58.7 Å². The number of aromatic hydroxyl groups is 1. The Bertz CT molecular complexity index is 1370. The molecule has 2 aromatic carbocycles. The molecule has 242 valence electrons. The number of amides is 4. The topological polar surface area (TPSA) is 96.4 Å². The van der Waals surface area contributed by atoms with Gasteiger partial charge in [-0.1, -0.05) is 36.8 Å². The monoisotopic (exact) mass is 615 g/mol. The Balaban J connectivity index is 1.09. The molecule has 1 atom stereocenters. The van der Waals surface area contributed by atoms with E-state index in [1.54, 1.807) is 0 Å². The van der Waals surface area contributed by atoms with Crippen LogP contribution < -0.4 is 5.32 Å². The molecular formula is C36H49N5O4. The minimum Gasteiger partial charge on any atom is -0.507 e. The van der Waals surface area contributed by atoms with Crippen LogP contribution in [0.3, 0.4) is 0 Å². The Morgan fingerprint density at radius 2 is 1.49 bits per heavy atom. The fourth-order valence-corrected chi connectivity index (χ4v) is 7.97. The van der Waals surface area contributed by atoms with Crippen LogP contribution in [-0.4, -0.2) is 93.9 Å². The summed E-state index contributed by atoms with van der Waals surface area (Å²) in [5.41, 5.74) is 4.54. The average molecular weight is 616 g/mol. The largest absolute Gasteiger partial charge is 0.507 e. The molecule has 0 spiro atoms. The lowest BCUT2D eigenvalue weighted by atomic mass is 9.90. The number of carbonyl (C=O) groups excluding carboxylic acids is 3. The van der Waals surface area contributed by atoms with Crippen molar-refractivity contribution in [1.29, 1.82) is 0 Å². The minimum atomic E-state index is -0.450. The average Bonchev–Trinajstić information content (AvgIpc) is 3.06. The maximum atomic E-state index is 14.1. The lowest BCUT2D eigenvalue weighted by Crippen LogP contribution is -2.52. The number of carbonyl (C=O) groups is 3. The second-order valence-corrected chi connectivity index (χ2v) is 13.7. The van der Waals surface area contributed by atoms with E-state index in [1.807, 2.05) is 64.9 Å². The Kier molecular flexibility index (Phi) is 9.64. The first-order valence-electron chi connectivity index (χ1n) is 17.0. The third-order valence-electron chi connectivity index (χ3n) is 10.6. The number of rotatable bonds is 7. The predicted molar refractivity (Wildman–Crippen MR) is 175 cm³/mol. The molecule has 0 bridgehead atoms. The third kappa shape index (κ3) is 7.13. The highest BCUT2D eigenvalue weighted by Gasteiger charge is 2.36. The summed E-state index contributed by atoms with van der Waals surface area (Å²) < 4.78 is 0. The Labute approximate surface area is 267 Å². The molecule has 9 nitrogen and oxygen atoms in total. The van der Waals surface area contributed by atoms with Gasteiger partial charge >= 0.3 is 6.03 Å². The standard InChI is InChI=1S/C36H49N5O4/c1-25-20-27(21-26(2)34(25)43)22-29(35(44)40-18-10-30(11-19-40)38-14-6-3-7-15-38)23-33(42)39-16-12-31(13-17-39)41-24-28-8-4-5-9-32(28)37-36(41)45/h4-5,8-9,20-21,29-31,43H,3,6-7,10-19,22-24H2,1-2H3,(H,37,45)/t29-/m1/s1. The van der Waals surface area contributed by atoms with Gasteiger partial charge in [0.05, 0.1) is 5.92 Å². The molecule has 9 heteroatoms. The first-order chi connectivity index (χ1) is 21.8. The van der Waals surface area contributed by atoms with Gasteiger partial charge in [0.2, 0.25) is 11.8 Å². The second-order valence-electron chi connectivity index (χ2n) is 13.7. The van der Waals surface area contributed by atoms with Crippen LogP contribution in [0.4, 0.5) is 10.5 Å². The van der Waals surface area contributed by atoms with Crippen LogP contribution in [0, 0.1) is 19.8 Å². The van der Waals surface area contributed by atoms with Crippen LogP contribution in [0.25, 0.3) is 0 Å². The number of anilines is 1. The smallest absolute Gasteiger partial charge is 0.322 e. The highest BCUT2D eigenvalue weighted by atomic mass is 16.3. The van der Waals surface area contributed by atoms with Crippen LogP contribution in [-0.2, 0) is 22.6 Å². The third-order valence-corrected chi connectivity index (χ3v) is 10.6. The summed E-state index contributed by atoms with van der Waals surface area (Å²) in [5, 5.41) is 13.4. The lowest BCUT2D eigenvalue weighted by molar-refractivity contribution is -0.143. The van der Waals surface area contributed by atoms with E-state index < -0.39 is 5.92 Å². The molecule has 0 aliphatic carbocycles. The number of benzene rings is 2. The zero-order chi connectivity index (χ0) is 31.5. The Hall–Kier alpha value is -3.59. The molecule has 45 heavy (non-hydrogen) atoms. The van der Waals surface area contributed by atoms with E-state index in [0.29, 0.717) is 32.1 Å². The zero-order valence-corrected chi connectivity index (χ0v) is 27.0. The van der Waals surface area contributed by atoms with Gasteiger partial charge in [-0.15, -0.1) is 0 Å². The maximum absolute atomic E-state index is 14.1. The molecule has 4 aliphatic heterocycles. The molecule has 4 amide bonds. The number of para-hydroxylation sites is 1. The zero-order valence-electron chi connectivity index (χ0n) is 27.0. The highest BCUT2D eigenvalue weighted by molar-refractivity contribution is 5.92. The molecule has 2 N–H and O–H groups in total. The van der Waals surface area contributed by atoms with Gasteiger partial charge in [-0.05, 0) is 100 Å². The Morgan fingerprint density at radius 3 is 2.18 bits per heavy atom. The van der Waals surface area contributed by atoms with E-state index in [2.05, 4.69) is 10.2 Å². The SMILES string of the molecule is Cc1cc(C[C@H](CC(=O)N2CCC(N3Cc4ccccc4NC3=O)CC2)C(=O)N2CCC(N3CCCCC3)CC2)cc(C)c1O. The molecular weight excluding hydrogens is 566 g/mol. The predicted octanol–water partition coefficient (Wildman–Crippen LogP) is 5.07. The van der Waals surface area contributed by atoms with Gasteiger partial charge in [-0.3, -0.25) is 9.59 Å². The van der Waals surface area contributed by atoms with E-state index in [-0.39, 0.29) is 36.1 Å². The van der Waals surface area contributed by atoms with Crippen molar-refractivity contribution in [2.24, 2.45) is 5.92 Å². The maximum Gasteiger partial charge on any atom is 0.322 e. The number of phenols is 1. The molecule has 0 unspecified atom stereocenters. The second kappa shape index (κ2) is 13.8. The number of nitrogens with one attached hydrogen (secondary N) is 1. The summed E-state index contributed by atoms with van der Waals surface area (Å²) in [6.45, 7) is 9.31. The quantitative estimate of drug-likeness (QED) is 0.453. The molecule has 2 aromatic rings. The highest BCUT2D eigenvalue weighted by Crippen LogP contribution is 2.30. The summed E-state index contributed by atoms with van der Waals surface area (Å²) >= 11 is 0. The van der Waals surface area contributed by atoms with Crippen molar-refractivity contribution in [1.82, 2.24) is 19.6 Å². The molecule has 0 radical (unpaired) electrons. The summed E-state index contributed by atoms with van der Waals surface area (Å²) in [7, 11) is 0. The van der Waals surface area contributed by atoms with Gasteiger partial charge in [-0.2, -0.15) is 0 Å². The van der Waals surface area contributed by atoms with Crippen molar-refractivity contribution in [3.8, 4) is 5.75 Å². The molecule has 3 fully saturated rings. The van der Waals surface area contributed by atoms with Crippen LogP contribution in [0.15, 0.2) is 36.4 Å². The molecule has 4 aliphatic rings. The summed E-state index contributed by atoms with van der Waals surface area (Å²) in [6.07, 6.45) is 7.93. The van der Waals surface area contributed by atoms with Crippen molar-refractivity contribution in [2.45, 2.75) is 90.3 Å². The first kappa shape index (κ1) is 31.4. The normalized spacial score (nSPS) is 20.9. The van der Waals surface area contributed by atoms with Gasteiger partial charge in [0.15, 0.2) is 0 Å². The number of urea groups is 1. The number of hydrogen-bond donors (Lipinski definition) is 2. The van der Waals surface area contributed by atoms with Crippen LogP contribution in [0.2, 0.25) is 0 Å². The first-order valence-corrected chi connectivity index (χ1v) is 17.0.